The van der Waals surface area contributed by atoms with Crippen LogP contribution in [-0.4, -0.2) is 31.6 Å². The van der Waals surface area contributed by atoms with Crippen LogP contribution in [0.25, 0.3) is 5.69 Å². The predicted octanol–water partition coefficient (Wildman–Crippen LogP) is 2.79. The van der Waals surface area contributed by atoms with Crippen molar-refractivity contribution in [3.8, 4) is 11.6 Å². The van der Waals surface area contributed by atoms with E-state index < -0.39 is 6.10 Å². The molecule has 0 radical (unpaired) electrons. The molecule has 7 nitrogen and oxygen atoms in total. The third-order valence-electron chi connectivity index (χ3n) is 4.26. The molecule has 0 aliphatic rings. The molecule has 0 fully saturated rings. The fraction of sp³-hybridized carbons (Fsp3) is 0.350. The van der Waals surface area contributed by atoms with Crippen LogP contribution >= 0.6 is 0 Å². The predicted molar refractivity (Wildman–Crippen MR) is 103 cm³/mol. The largest absolute Gasteiger partial charge is 0.463 e. The van der Waals surface area contributed by atoms with Gasteiger partial charge in [0.2, 0.25) is 5.88 Å². The molecule has 0 spiro atoms. The van der Waals surface area contributed by atoms with Crippen molar-refractivity contribution in [1.82, 2.24) is 24.9 Å². The average molecular weight is 367 g/mol. The number of nitrogens with zero attached hydrogens (tertiary/aromatic N) is 4. The molecule has 1 N–H and O–H groups in total. The van der Waals surface area contributed by atoms with Crippen molar-refractivity contribution in [3.63, 3.8) is 0 Å². The smallest absolute Gasteiger partial charge is 0.261 e. The maximum Gasteiger partial charge on any atom is 0.261 e. The van der Waals surface area contributed by atoms with Gasteiger partial charge in [-0.2, -0.15) is 5.10 Å². The zero-order chi connectivity index (χ0) is 19.4. The summed E-state index contributed by atoms with van der Waals surface area (Å²) < 4.78 is 9.42. The molecule has 7 heteroatoms. The van der Waals surface area contributed by atoms with Crippen molar-refractivity contribution in [2.24, 2.45) is 0 Å². The summed E-state index contributed by atoms with van der Waals surface area (Å²) in [7, 11) is 0. The van der Waals surface area contributed by atoms with Crippen LogP contribution in [0.1, 0.15) is 30.8 Å². The van der Waals surface area contributed by atoms with Gasteiger partial charge in [-0.05, 0) is 45.9 Å². The van der Waals surface area contributed by atoms with Crippen molar-refractivity contribution < 1.29 is 9.53 Å². The van der Waals surface area contributed by atoms with Gasteiger partial charge in [0, 0.05) is 18.3 Å². The van der Waals surface area contributed by atoms with Crippen LogP contribution in [0, 0.1) is 13.8 Å². The van der Waals surface area contributed by atoms with Crippen molar-refractivity contribution in [2.45, 2.75) is 46.9 Å². The lowest BCUT2D eigenvalue weighted by Gasteiger charge is -2.14. The number of nitrogens with one attached hydrogen (secondary N) is 1. The highest BCUT2D eigenvalue weighted by molar-refractivity contribution is 5.80. The molecule has 0 aliphatic heterocycles. The molecule has 2 heterocycles. The zero-order valence-electron chi connectivity index (χ0n) is 16.1. The van der Waals surface area contributed by atoms with Crippen molar-refractivity contribution in [2.75, 3.05) is 0 Å². The molecular weight excluding hydrogens is 342 g/mol. The summed E-state index contributed by atoms with van der Waals surface area (Å²) >= 11 is 0. The van der Waals surface area contributed by atoms with E-state index in [-0.39, 0.29) is 5.91 Å². The summed E-state index contributed by atoms with van der Waals surface area (Å²) in [5.74, 6) is 0.265. The summed E-state index contributed by atoms with van der Waals surface area (Å²) in [6, 6.07) is 11.8. The molecule has 1 amide bonds. The SMILES string of the molecule is CCn1nc(C)cc1CNC(=O)[C@H](C)Oc1nn(-c2ccccc2)cc1C. The average Bonchev–Trinajstić information content (AvgIpc) is 3.22. The fourth-order valence-corrected chi connectivity index (χ4v) is 2.83. The van der Waals surface area contributed by atoms with Crippen LogP contribution in [0.4, 0.5) is 0 Å². The first-order valence-electron chi connectivity index (χ1n) is 9.07. The number of hydrogen-bond donors (Lipinski definition) is 1. The first kappa shape index (κ1) is 18.7. The summed E-state index contributed by atoms with van der Waals surface area (Å²) in [5.41, 5.74) is 3.72. The maximum absolute atomic E-state index is 12.4. The fourth-order valence-electron chi connectivity index (χ4n) is 2.83. The highest BCUT2D eigenvalue weighted by Crippen LogP contribution is 2.19. The zero-order valence-corrected chi connectivity index (χ0v) is 16.1. The summed E-state index contributed by atoms with van der Waals surface area (Å²) in [6.07, 6.45) is 1.24. The number of para-hydroxylation sites is 1. The lowest BCUT2D eigenvalue weighted by molar-refractivity contribution is -0.127. The summed E-state index contributed by atoms with van der Waals surface area (Å²) in [6.45, 7) is 8.78. The Kier molecular flexibility index (Phi) is 5.59. The quantitative estimate of drug-likeness (QED) is 0.697. The van der Waals surface area contributed by atoms with Crippen molar-refractivity contribution in [1.29, 1.82) is 0 Å². The van der Waals surface area contributed by atoms with Crippen LogP contribution in [-0.2, 0) is 17.9 Å². The second-order valence-electron chi connectivity index (χ2n) is 6.47. The Bertz CT molecular complexity index is 914. The maximum atomic E-state index is 12.4. The Morgan fingerprint density at radius 2 is 1.96 bits per heavy atom. The van der Waals surface area contributed by atoms with Crippen LogP contribution < -0.4 is 10.1 Å². The minimum atomic E-state index is -0.651. The van der Waals surface area contributed by atoms with E-state index in [9.17, 15) is 4.79 Å². The molecule has 0 saturated heterocycles. The minimum absolute atomic E-state index is 0.190. The van der Waals surface area contributed by atoms with Crippen molar-refractivity contribution >= 4 is 5.91 Å². The molecule has 0 unspecified atom stereocenters. The van der Waals surface area contributed by atoms with Gasteiger partial charge in [-0.1, -0.05) is 18.2 Å². The van der Waals surface area contributed by atoms with E-state index in [1.807, 2.05) is 68.0 Å². The van der Waals surface area contributed by atoms with E-state index in [4.69, 9.17) is 4.74 Å². The molecule has 0 saturated carbocycles. The molecule has 3 aromatic rings. The van der Waals surface area contributed by atoms with Gasteiger partial charge in [0.05, 0.1) is 23.6 Å². The van der Waals surface area contributed by atoms with Crippen LogP contribution in [0.2, 0.25) is 0 Å². The van der Waals surface area contributed by atoms with Gasteiger partial charge in [0.25, 0.3) is 5.91 Å². The Morgan fingerprint density at radius 3 is 2.67 bits per heavy atom. The highest BCUT2D eigenvalue weighted by Gasteiger charge is 2.18. The van der Waals surface area contributed by atoms with Gasteiger partial charge in [0.1, 0.15) is 0 Å². The van der Waals surface area contributed by atoms with E-state index in [2.05, 4.69) is 15.5 Å². The number of amides is 1. The van der Waals surface area contributed by atoms with Gasteiger partial charge < -0.3 is 10.1 Å². The molecule has 1 atom stereocenters. The summed E-state index contributed by atoms with van der Waals surface area (Å²) in [4.78, 5) is 12.4. The van der Waals surface area contributed by atoms with Gasteiger partial charge >= 0.3 is 0 Å². The second kappa shape index (κ2) is 8.07. The third-order valence-corrected chi connectivity index (χ3v) is 4.26. The molecule has 2 aromatic heterocycles. The number of ether oxygens (including phenoxy) is 1. The topological polar surface area (TPSA) is 74.0 Å². The van der Waals surface area contributed by atoms with E-state index >= 15 is 0 Å². The lowest BCUT2D eigenvalue weighted by Crippen LogP contribution is -2.36. The molecule has 0 bridgehead atoms. The van der Waals surface area contributed by atoms with Gasteiger partial charge in [0.15, 0.2) is 6.10 Å². The third kappa shape index (κ3) is 4.36. The number of aromatic nitrogens is 4. The Balaban J connectivity index is 1.62. The lowest BCUT2D eigenvalue weighted by atomic mass is 10.3. The van der Waals surface area contributed by atoms with E-state index in [1.165, 1.54) is 0 Å². The first-order chi connectivity index (χ1) is 13.0. The van der Waals surface area contributed by atoms with Gasteiger partial charge in [-0.15, -0.1) is 5.10 Å². The number of benzene rings is 1. The monoisotopic (exact) mass is 367 g/mol. The molecule has 27 heavy (non-hydrogen) atoms. The minimum Gasteiger partial charge on any atom is -0.463 e. The second-order valence-corrected chi connectivity index (χ2v) is 6.47. The van der Waals surface area contributed by atoms with Crippen LogP contribution in [0.3, 0.4) is 0 Å². The Morgan fingerprint density at radius 1 is 1.22 bits per heavy atom. The first-order valence-corrected chi connectivity index (χ1v) is 9.07. The molecule has 142 valence electrons. The molecule has 3 rings (SSSR count). The molecule has 1 aromatic carbocycles. The van der Waals surface area contributed by atoms with E-state index in [0.29, 0.717) is 12.4 Å². The number of carbonyl (C=O) groups is 1. The molecule has 0 aliphatic carbocycles. The van der Waals surface area contributed by atoms with Crippen LogP contribution in [0.5, 0.6) is 5.88 Å². The van der Waals surface area contributed by atoms with Gasteiger partial charge in [-0.3, -0.25) is 9.48 Å². The van der Waals surface area contributed by atoms with Gasteiger partial charge in [-0.25, -0.2) is 4.68 Å². The molecular formula is C20H25N5O2. The normalized spacial score (nSPS) is 12.0. The highest BCUT2D eigenvalue weighted by atomic mass is 16.5. The Hall–Kier alpha value is -3.09. The summed E-state index contributed by atoms with van der Waals surface area (Å²) in [5, 5.41) is 11.7. The number of aryl methyl sites for hydroxylation is 3. The number of hydrogen-bond acceptors (Lipinski definition) is 4. The number of carbonyl (C=O) groups excluding carboxylic acids is 1. The van der Waals surface area contributed by atoms with Crippen LogP contribution in [0.15, 0.2) is 42.6 Å². The number of rotatable bonds is 7. The van der Waals surface area contributed by atoms with Crippen molar-refractivity contribution in [3.05, 3.63) is 59.5 Å². The standard InChI is InChI=1S/C20H25N5O2/c1-5-24-18(11-15(3)22-24)12-21-19(26)16(4)27-20-14(2)13-25(23-20)17-9-7-6-8-10-17/h6-11,13,16H,5,12H2,1-4H3,(H,21,26)/t16-/m0/s1. The van der Waals surface area contributed by atoms with E-state index in [1.54, 1.807) is 11.6 Å². The Labute approximate surface area is 159 Å². The van der Waals surface area contributed by atoms with E-state index in [0.717, 1.165) is 29.2 Å².